The normalized spacial score (nSPS) is 10.0. The van der Waals surface area contributed by atoms with Crippen molar-refractivity contribution in [2.75, 3.05) is 17.7 Å². The van der Waals surface area contributed by atoms with Gasteiger partial charge in [0.25, 0.3) is 5.91 Å². The van der Waals surface area contributed by atoms with Crippen molar-refractivity contribution in [1.82, 2.24) is 5.32 Å². The maximum absolute atomic E-state index is 12.3. The summed E-state index contributed by atoms with van der Waals surface area (Å²) in [5.74, 6) is 0.342. The monoisotopic (exact) mass is 497 g/mol. The number of nitrogens with one attached hydrogen (secondary N) is 3. The molecule has 0 aromatic heterocycles. The van der Waals surface area contributed by atoms with Crippen LogP contribution < -0.4 is 20.7 Å². The minimum absolute atomic E-state index is 0.0420. The van der Waals surface area contributed by atoms with Crippen LogP contribution in [0.25, 0.3) is 0 Å². The molecule has 0 heterocycles. The first-order valence-corrected chi connectivity index (χ1v) is 9.77. The Morgan fingerprint density at radius 3 is 2.44 bits per heavy atom. The van der Waals surface area contributed by atoms with Crippen molar-refractivity contribution in [3.8, 4) is 5.75 Å². The molecule has 6 nitrogen and oxygen atoms in total. The molecule has 8 heteroatoms. The van der Waals surface area contributed by atoms with E-state index in [1.165, 1.54) is 0 Å². The first-order chi connectivity index (χ1) is 12.9. The lowest BCUT2D eigenvalue weighted by Crippen LogP contribution is -2.34. The SMILES string of the molecule is CCCC(=O)Nc1cccc(NC(=S)NC(=O)c2ccc(OC)c(I)c2)c1. The molecule has 2 rings (SSSR count). The lowest BCUT2D eigenvalue weighted by atomic mass is 10.2. The largest absolute Gasteiger partial charge is 0.496 e. The third kappa shape index (κ3) is 6.47. The molecule has 0 bridgehead atoms. The van der Waals surface area contributed by atoms with Crippen LogP contribution in [-0.2, 0) is 4.79 Å². The Kier molecular flexibility index (Phi) is 7.99. The number of hydrogen-bond donors (Lipinski definition) is 3. The highest BCUT2D eigenvalue weighted by atomic mass is 127. The fourth-order valence-electron chi connectivity index (χ4n) is 2.27. The van der Waals surface area contributed by atoms with Gasteiger partial charge in [0.2, 0.25) is 5.91 Å². The van der Waals surface area contributed by atoms with Gasteiger partial charge in [-0.15, -0.1) is 0 Å². The molecule has 0 fully saturated rings. The van der Waals surface area contributed by atoms with E-state index in [9.17, 15) is 9.59 Å². The van der Waals surface area contributed by atoms with E-state index in [0.29, 0.717) is 29.1 Å². The third-order valence-corrected chi connectivity index (χ3v) is 4.57. The minimum atomic E-state index is -0.319. The molecule has 0 spiro atoms. The Hall–Kier alpha value is -2.20. The number of anilines is 2. The van der Waals surface area contributed by atoms with E-state index < -0.39 is 0 Å². The number of carbonyl (C=O) groups excluding carboxylic acids is 2. The quantitative estimate of drug-likeness (QED) is 0.413. The van der Waals surface area contributed by atoms with Gasteiger partial charge in [-0.1, -0.05) is 13.0 Å². The van der Waals surface area contributed by atoms with Crippen molar-refractivity contribution in [1.29, 1.82) is 0 Å². The summed E-state index contributed by atoms with van der Waals surface area (Å²) < 4.78 is 6.02. The molecule has 2 aromatic rings. The molecule has 0 aliphatic carbocycles. The summed E-state index contributed by atoms with van der Waals surface area (Å²) >= 11 is 7.31. The summed E-state index contributed by atoms with van der Waals surface area (Å²) in [4.78, 5) is 24.0. The smallest absolute Gasteiger partial charge is 0.257 e. The zero-order chi connectivity index (χ0) is 19.8. The average molecular weight is 497 g/mol. The van der Waals surface area contributed by atoms with Crippen LogP contribution in [0.2, 0.25) is 0 Å². The zero-order valence-electron chi connectivity index (χ0n) is 15.0. The van der Waals surface area contributed by atoms with Crippen molar-refractivity contribution >= 4 is 63.1 Å². The molecule has 0 atom stereocenters. The number of methoxy groups -OCH3 is 1. The molecular formula is C19H20IN3O3S. The maximum atomic E-state index is 12.3. The molecule has 0 unspecified atom stereocenters. The van der Waals surface area contributed by atoms with Crippen LogP contribution in [0.4, 0.5) is 11.4 Å². The Morgan fingerprint density at radius 2 is 1.81 bits per heavy atom. The molecule has 0 saturated heterocycles. The van der Waals surface area contributed by atoms with Crippen LogP contribution >= 0.6 is 34.8 Å². The van der Waals surface area contributed by atoms with E-state index in [1.54, 1.807) is 49.6 Å². The number of benzene rings is 2. The number of carbonyl (C=O) groups is 2. The highest BCUT2D eigenvalue weighted by molar-refractivity contribution is 14.1. The van der Waals surface area contributed by atoms with E-state index in [-0.39, 0.29) is 16.9 Å². The van der Waals surface area contributed by atoms with E-state index in [0.717, 1.165) is 9.99 Å². The summed E-state index contributed by atoms with van der Waals surface area (Å²) in [5, 5.41) is 8.57. The third-order valence-electron chi connectivity index (χ3n) is 3.52. The van der Waals surface area contributed by atoms with Crippen molar-refractivity contribution < 1.29 is 14.3 Å². The predicted octanol–water partition coefficient (Wildman–Crippen LogP) is 4.17. The van der Waals surface area contributed by atoms with Crippen molar-refractivity contribution in [3.05, 3.63) is 51.6 Å². The number of amides is 2. The minimum Gasteiger partial charge on any atom is -0.496 e. The number of rotatable bonds is 6. The summed E-state index contributed by atoms with van der Waals surface area (Å²) in [7, 11) is 1.58. The van der Waals surface area contributed by atoms with Crippen molar-refractivity contribution in [2.45, 2.75) is 19.8 Å². The second-order valence-corrected chi connectivity index (χ2v) is 7.21. The van der Waals surface area contributed by atoms with Gasteiger partial charge in [-0.2, -0.15) is 0 Å². The average Bonchev–Trinajstić information content (AvgIpc) is 2.61. The molecule has 27 heavy (non-hydrogen) atoms. The van der Waals surface area contributed by atoms with Crippen molar-refractivity contribution in [3.63, 3.8) is 0 Å². The molecule has 3 N–H and O–H groups in total. The zero-order valence-corrected chi connectivity index (χ0v) is 17.9. The molecule has 2 amide bonds. The topological polar surface area (TPSA) is 79.5 Å². The predicted molar refractivity (Wildman–Crippen MR) is 119 cm³/mol. The summed E-state index contributed by atoms with van der Waals surface area (Å²) in [5.41, 5.74) is 1.81. The second kappa shape index (κ2) is 10.2. The van der Waals surface area contributed by atoms with Crippen LogP contribution in [0.1, 0.15) is 30.1 Å². The molecule has 142 valence electrons. The summed E-state index contributed by atoms with van der Waals surface area (Å²) in [6, 6.07) is 12.3. The lowest BCUT2D eigenvalue weighted by Gasteiger charge is -2.12. The van der Waals surface area contributed by atoms with Gasteiger partial charge in [0.1, 0.15) is 5.75 Å². The number of ether oxygens (including phenoxy) is 1. The van der Waals surface area contributed by atoms with Gasteiger partial charge in [0, 0.05) is 23.4 Å². The van der Waals surface area contributed by atoms with Gasteiger partial charge in [-0.05, 0) is 77.6 Å². The van der Waals surface area contributed by atoms with Crippen molar-refractivity contribution in [2.24, 2.45) is 0 Å². The fourth-order valence-corrected chi connectivity index (χ4v) is 3.22. The van der Waals surface area contributed by atoms with Gasteiger partial charge >= 0.3 is 0 Å². The second-order valence-electron chi connectivity index (χ2n) is 5.64. The lowest BCUT2D eigenvalue weighted by molar-refractivity contribution is -0.116. The van der Waals surface area contributed by atoms with E-state index in [1.807, 2.05) is 6.92 Å². The van der Waals surface area contributed by atoms with Crippen LogP contribution in [0, 0.1) is 3.57 Å². The standard InChI is InChI=1S/C19H20IN3O3S/c1-3-5-17(24)21-13-6-4-7-14(11-13)22-19(27)23-18(25)12-8-9-16(26-2)15(20)10-12/h4,6-11H,3,5H2,1-2H3,(H,21,24)(H2,22,23,25,27). The first-order valence-electron chi connectivity index (χ1n) is 8.28. The number of hydrogen-bond acceptors (Lipinski definition) is 4. The van der Waals surface area contributed by atoms with Gasteiger partial charge in [-0.3, -0.25) is 14.9 Å². The van der Waals surface area contributed by atoms with Crippen LogP contribution in [0.3, 0.4) is 0 Å². The fraction of sp³-hybridized carbons (Fsp3) is 0.211. The molecule has 0 aliphatic heterocycles. The maximum Gasteiger partial charge on any atom is 0.257 e. The van der Waals surface area contributed by atoms with Gasteiger partial charge in [-0.25, -0.2) is 0 Å². The van der Waals surface area contributed by atoms with Gasteiger partial charge in [0.05, 0.1) is 10.7 Å². The molecule has 0 saturated carbocycles. The van der Waals surface area contributed by atoms with E-state index >= 15 is 0 Å². The Balaban J connectivity index is 1.98. The Labute approximate surface area is 177 Å². The molecule has 0 aliphatic rings. The number of thiocarbonyl (C=S) groups is 1. The molecule has 0 radical (unpaired) electrons. The first kappa shape index (κ1) is 21.1. The highest BCUT2D eigenvalue weighted by Crippen LogP contribution is 2.21. The van der Waals surface area contributed by atoms with Crippen LogP contribution in [0.5, 0.6) is 5.75 Å². The summed E-state index contributed by atoms with van der Waals surface area (Å²) in [6.45, 7) is 1.95. The van der Waals surface area contributed by atoms with Crippen LogP contribution in [-0.4, -0.2) is 24.0 Å². The number of halogens is 1. The Morgan fingerprint density at radius 1 is 1.11 bits per heavy atom. The summed E-state index contributed by atoms with van der Waals surface area (Å²) in [6.07, 6.45) is 1.25. The van der Waals surface area contributed by atoms with E-state index in [2.05, 4.69) is 38.5 Å². The van der Waals surface area contributed by atoms with Gasteiger partial charge in [0.15, 0.2) is 5.11 Å². The Bertz CT molecular complexity index is 858. The van der Waals surface area contributed by atoms with E-state index in [4.69, 9.17) is 17.0 Å². The van der Waals surface area contributed by atoms with Crippen LogP contribution in [0.15, 0.2) is 42.5 Å². The molecule has 2 aromatic carbocycles. The highest BCUT2D eigenvalue weighted by Gasteiger charge is 2.11. The molecular weight excluding hydrogens is 477 g/mol. The van der Waals surface area contributed by atoms with Gasteiger partial charge < -0.3 is 15.4 Å².